The van der Waals surface area contributed by atoms with E-state index in [1.807, 2.05) is 25.3 Å². The SMILES string of the molecule is Cc1ccnc(NCCCNCc2cccnc2)n1. The van der Waals surface area contributed by atoms with Gasteiger partial charge in [-0.2, -0.15) is 0 Å². The molecule has 2 heterocycles. The van der Waals surface area contributed by atoms with Gasteiger partial charge < -0.3 is 10.6 Å². The van der Waals surface area contributed by atoms with E-state index in [9.17, 15) is 0 Å². The Morgan fingerprint density at radius 1 is 1.16 bits per heavy atom. The molecule has 0 aliphatic heterocycles. The summed E-state index contributed by atoms with van der Waals surface area (Å²) < 4.78 is 0. The molecule has 0 radical (unpaired) electrons. The van der Waals surface area contributed by atoms with Gasteiger partial charge in [0.1, 0.15) is 0 Å². The summed E-state index contributed by atoms with van der Waals surface area (Å²) in [7, 11) is 0. The van der Waals surface area contributed by atoms with E-state index in [0.29, 0.717) is 5.95 Å². The van der Waals surface area contributed by atoms with Gasteiger partial charge >= 0.3 is 0 Å². The lowest BCUT2D eigenvalue weighted by Gasteiger charge is -2.06. The highest BCUT2D eigenvalue weighted by atomic mass is 15.1. The van der Waals surface area contributed by atoms with Gasteiger partial charge in [-0.25, -0.2) is 9.97 Å². The number of anilines is 1. The number of aryl methyl sites for hydroxylation is 1. The molecule has 2 N–H and O–H groups in total. The fraction of sp³-hybridized carbons (Fsp3) is 0.357. The molecule has 0 amide bonds. The zero-order valence-electron chi connectivity index (χ0n) is 11.1. The lowest BCUT2D eigenvalue weighted by atomic mass is 10.3. The van der Waals surface area contributed by atoms with Gasteiger partial charge in [-0.1, -0.05) is 6.07 Å². The molecule has 0 aliphatic rings. The van der Waals surface area contributed by atoms with Crippen LogP contribution in [0.15, 0.2) is 36.8 Å². The molecule has 2 aromatic heterocycles. The van der Waals surface area contributed by atoms with Crippen molar-refractivity contribution in [2.75, 3.05) is 18.4 Å². The van der Waals surface area contributed by atoms with E-state index in [1.165, 1.54) is 5.56 Å². The Kier molecular flexibility index (Phi) is 5.25. The van der Waals surface area contributed by atoms with Crippen LogP contribution >= 0.6 is 0 Å². The predicted molar refractivity (Wildman–Crippen MR) is 75.8 cm³/mol. The minimum Gasteiger partial charge on any atom is -0.354 e. The molecule has 2 aromatic rings. The van der Waals surface area contributed by atoms with Crippen LogP contribution < -0.4 is 10.6 Å². The summed E-state index contributed by atoms with van der Waals surface area (Å²) in [5, 5.41) is 6.59. The Morgan fingerprint density at radius 2 is 2.11 bits per heavy atom. The van der Waals surface area contributed by atoms with Crippen molar-refractivity contribution >= 4 is 5.95 Å². The monoisotopic (exact) mass is 257 g/mol. The molecule has 0 aliphatic carbocycles. The second-order valence-electron chi connectivity index (χ2n) is 4.34. The number of hydrogen-bond acceptors (Lipinski definition) is 5. The maximum Gasteiger partial charge on any atom is 0.222 e. The first-order valence-electron chi connectivity index (χ1n) is 6.48. The van der Waals surface area contributed by atoms with Crippen molar-refractivity contribution in [3.05, 3.63) is 48.0 Å². The van der Waals surface area contributed by atoms with Crippen molar-refractivity contribution in [2.45, 2.75) is 19.9 Å². The number of pyridine rings is 1. The van der Waals surface area contributed by atoms with E-state index < -0.39 is 0 Å². The van der Waals surface area contributed by atoms with Crippen molar-refractivity contribution in [1.29, 1.82) is 0 Å². The smallest absolute Gasteiger partial charge is 0.222 e. The molecule has 5 nitrogen and oxygen atoms in total. The third-order valence-electron chi connectivity index (χ3n) is 2.66. The second-order valence-corrected chi connectivity index (χ2v) is 4.34. The molecule has 0 unspecified atom stereocenters. The van der Waals surface area contributed by atoms with Gasteiger partial charge in [0, 0.05) is 37.4 Å². The lowest BCUT2D eigenvalue weighted by Crippen LogP contribution is -2.18. The molecular weight excluding hydrogens is 238 g/mol. The normalized spacial score (nSPS) is 10.4. The topological polar surface area (TPSA) is 62.7 Å². The first-order valence-corrected chi connectivity index (χ1v) is 6.48. The maximum atomic E-state index is 4.29. The summed E-state index contributed by atoms with van der Waals surface area (Å²) in [6, 6.07) is 5.91. The Morgan fingerprint density at radius 3 is 2.89 bits per heavy atom. The molecule has 0 fully saturated rings. The standard InChI is InChI=1S/C14H19N5/c1-12-5-9-18-14(19-12)17-8-3-7-16-11-13-4-2-6-15-10-13/h2,4-6,9-10,16H,3,7-8,11H2,1H3,(H,17,18,19). The first kappa shape index (κ1) is 13.4. The lowest BCUT2D eigenvalue weighted by molar-refractivity contribution is 0.660. The van der Waals surface area contributed by atoms with E-state index in [-0.39, 0.29) is 0 Å². The Bertz CT molecular complexity index is 486. The number of nitrogens with zero attached hydrogens (tertiary/aromatic N) is 3. The molecule has 2 rings (SSSR count). The highest BCUT2D eigenvalue weighted by molar-refractivity contribution is 5.24. The molecule has 19 heavy (non-hydrogen) atoms. The molecule has 0 saturated heterocycles. The van der Waals surface area contributed by atoms with Gasteiger partial charge in [-0.15, -0.1) is 0 Å². The summed E-state index contributed by atoms with van der Waals surface area (Å²) in [5.41, 5.74) is 2.18. The van der Waals surface area contributed by atoms with Gasteiger partial charge in [-0.05, 0) is 37.6 Å². The third kappa shape index (κ3) is 5.01. The average molecular weight is 257 g/mol. The number of rotatable bonds is 7. The van der Waals surface area contributed by atoms with Gasteiger partial charge in [0.05, 0.1) is 0 Å². The van der Waals surface area contributed by atoms with E-state index in [4.69, 9.17) is 0 Å². The zero-order valence-corrected chi connectivity index (χ0v) is 11.1. The fourth-order valence-electron chi connectivity index (χ4n) is 1.68. The first-order chi connectivity index (χ1) is 9.34. The molecule has 0 atom stereocenters. The van der Waals surface area contributed by atoms with Crippen LogP contribution in [0.2, 0.25) is 0 Å². The summed E-state index contributed by atoms with van der Waals surface area (Å²) in [6.07, 6.45) is 6.46. The molecule has 0 aromatic carbocycles. The van der Waals surface area contributed by atoms with Crippen LogP contribution in [-0.2, 0) is 6.54 Å². The molecule has 0 bridgehead atoms. The van der Waals surface area contributed by atoms with Crippen LogP contribution in [0.5, 0.6) is 0 Å². The fourth-order valence-corrected chi connectivity index (χ4v) is 1.68. The van der Waals surface area contributed by atoms with Crippen molar-refractivity contribution in [1.82, 2.24) is 20.3 Å². The van der Waals surface area contributed by atoms with Crippen LogP contribution in [0.4, 0.5) is 5.95 Å². The summed E-state index contributed by atoms with van der Waals surface area (Å²) in [6.45, 7) is 4.63. The van der Waals surface area contributed by atoms with Gasteiger partial charge in [-0.3, -0.25) is 4.98 Å². The van der Waals surface area contributed by atoms with Crippen LogP contribution in [0.1, 0.15) is 17.7 Å². The minimum atomic E-state index is 0.701. The predicted octanol–water partition coefficient (Wildman–Crippen LogP) is 1.77. The van der Waals surface area contributed by atoms with E-state index in [0.717, 1.165) is 31.7 Å². The Balaban J connectivity index is 1.58. The van der Waals surface area contributed by atoms with Gasteiger partial charge in [0.2, 0.25) is 5.95 Å². The van der Waals surface area contributed by atoms with E-state index in [2.05, 4.69) is 31.7 Å². The molecular formula is C14H19N5. The van der Waals surface area contributed by atoms with Crippen molar-refractivity contribution in [3.8, 4) is 0 Å². The van der Waals surface area contributed by atoms with Crippen molar-refractivity contribution < 1.29 is 0 Å². The van der Waals surface area contributed by atoms with Gasteiger partial charge in [0.15, 0.2) is 0 Å². The second kappa shape index (κ2) is 7.43. The largest absolute Gasteiger partial charge is 0.354 e. The van der Waals surface area contributed by atoms with Crippen molar-refractivity contribution in [3.63, 3.8) is 0 Å². The summed E-state index contributed by atoms with van der Waals surface area (Å²) in [5.74, 6) is 0.701. The van der Waals surface area contributed by atoms with Crippen LogP contribution in [-0.4, -0.2) is 28.0 Å². The van der Waals surface area contributed by atoms with Crippen LogP contribution in [0.25, 0.3) is 0 Å². The molecule has 0 spiro atoms. The Labute approximate surface area is 113 Å². The summed E-state index contributed by atoms with van der Waals surface area (Å²) in [4.78, 5) is 12.5. The van der Waals surface area contributed by atoms with Crippen LogP contribution in [0, 0.1) is 6.92 Å². The minimum absolute atomic E-state index is 0.701. The molecule has 5 heteroatoms. The molecule has 100 valence electrons. The number of aromatic nitrogens is 3. The summed E-state index contributed by atoms with van der Waals surface area (Å²) >= 11 is 0. The van der Waals surface area contributed by atoms with E-state index >= 15 is 0 Å². The number of nitrogens with one attached hydrogen (secondary N) is 2. The zero-order chi connectivity index (χ0) is 13.3. The third-order valence-corrected chi connectivity index (χ3v) is 2.66. The maximum absolute atomic E-state index is 4.29. The quantitative estimate of drug-likeness (QED) is 0.740. The highest BCUT2D eigenvalue weighted by Crippen LogP contribution is 1.98. The Hall–Kier alpha value is -2.01. The average Bonchev–Trinajstić information content (AvgIpc) is 2.44. The van der Waals surface area contributed by atoms with Gasteiger partial charge in [0.25, 0.3) is 0 Å². The molecule has 0 saturated carbocycles. The van der Waals surface area contributed by atoms with E-state index in [1.54, 1.807) is 12.4 Å². The number of hydrogen-bond donors (Lipinski definition) is 2. The highest BCUT2D eigenvalue weighted by Gasteiger charge is 1.95. The van der Waals surface area contributed by atoms with Crippen LogP contribution in [0.3, 0.4) is 0 Å². The van der Waals surface area contributed by atoms with Crippen molar-refractivity contribution in [2.24, 2.45) is 0 Å².